The smallest absolute Gasteiger partial charge is 0.0589 e. The summed E-state index contributed by atoms with van der Waals surface area (Å²) in [4.78, 5) is 2.40. The van der Waals surface area contributed by atoms with Crippen LogP contribution in [0.5, 0.6) is 0 Å². The highest BCUT2D eigenvalue weighted by molar-refractivity contribution is 5.31. The third-order valence-electron chi connectivity index (χ3n) is 3.65. The fourth-order valence-electron chi connectivity index (χ4n) is 2.37. The molecule has 0 aliphatic carbocycles. The van der Waals surface area contributed by atoms with E-state index in [1.807, 2.05) is 0 Å². The Bertz CT molecular complexity index is 404. The van der Waals surface area contributed by atoms with Crippen LogP contribution >= 0.6 is 0 Å². The van der Waals surface area contributed by atoms with Crippen LogP contribution in [0.2, 0.25) is 0 Å². The van der Waals surface area contributed by atoms with Crippen LogP contribution in [0.25, 0.3) is 0 Å². The third kappa shape index (κ3) is 5.61. The molecule has 0 aromatic heterocycles. The van der Waals surface area contributed by atoms with Gasteiger partial charge in [0.1, 0.15) is 0 Å². The second-order valence-electron chi connectivity index (χ2n) is 6.10. The lowest BCUT2D eigenvalue weighted by molar-refractivity contribution is 0.136. The van der Waals surface area contributed by atoms with Gasteiger partial charge in [0.2, 0.25) is 0 Å². The molecule has 0 aliphatic heterocycles. The maximum Gasteiger partial charge on any atom is 0.0589 e. The lowest BCUT2D eigenvalue weighted by Gasteiger charge is -2.27. The van der Waals surface area contributed by atoms with Crippen LogP contribution in [0.1, 0.15) is 36.6 Å². The highest BCUT2D eigenvalue weighted by Crippen LogP contribution is 2.17. The largest absolute Gasteiger partial charge is 0.383 e. The molecule has 1 aromatic rings. The fraction of sp³-hybridized carbons (Fsp3) is 0.647. The van der Waals surface area contributed by atoms with Crippen LogP contribution in [0.4, 0.5) is 0 Å². The van der Waals surface area contributed by atoms with Crippen LogP contribution in [0.3, 0.4) is 0 Å². The van der Waals surface area contributed by atoms with Gasteiger partial charge in [-0.3, -0.25) is 4.90 Å². The quantitative estimate of drug-likeness (QED) is 0.794. The highest BCUT2D eigenvalue weighted by Gasteiger charge is 2.14. The van der Waals surface area contributed by atoms with E-state index in [0.29, 0.717) is 5.92 Å². The standard InChI is InChI=1S/C17H30N2O/c1-13(2)11-19(8-9-20-5)12-17(18)16-7-6-14(3)15(4)10-16/h6-7,10,13,17H,8-9,11-12,18H2,1-5H3. The molecule has 0 amide bonds. The Morgan fingerprint density at radius 1 is 1.15 bits per heavy atom. The summed E-state index contributed by atoms with van der Waals surface area (Å²) < 4.78 is 5.19. The molecule has 0 spiro atoms. The Morgan fingerprint density at radius 3 is 2.40 bits per heavy atom. The SMILES string of the molecule is COCCN(CC(C)C)CC(N)c1ccc(C)c(C)c1. The van der Waals surface area contributed by atoms with Crippen molar-refractivity contribution < 1.29 is 4.74 Å². The topological polar surface area (TPSA) is 38.5 Å². The van der Waals surface area contributed by atoms with Crippen molar-refractivity contribution in [1.29, 1.82) is 0 Å². The van der Waals surface area contributed by atoms with Crippen molar-refractivity contribution in [3.8, 4) is 0 Å². The molecule has 0 heterocycles. The molecule has 1 unspecified atom stereocenters. The summed E-state index contributed by atoms with van der Waals surface area (Å²) in [6, 6.07) is 6.58. The molecular weight excluding hydrogens is 248 g/mol. The first-order valence-electron chi connectivity index (χ1n) is 7.48. The maximum absolute atomic E-state index is 6.38. The number of aryl methyl sites for hydroxylation is 2. The van der Waals surface area contributed by atoms with Gasteiger partial charge in [-0.1, -0.05) is 32.0 Å². The van der Waals surface area contributed by atoms with Crippen LogP contribution in [0, 0.1) is 19.8 Å². The van der Waals surface area contributed by atoms with Crippen molar-refractivity contribution in [2.45, 2.75) is 33.7 Å². The number of benzene rings is 1. The second kappa shape index (κ2) is 8.40. The zero-order valence-electron chi connectivity index (χ0n) is 13.6. The Balaban J connectivity index is 2.67. The van der Waals surface area contributed by atoms with E-state index in [1.54, 1.807) is 7.11 Å². The summed E-state index contributed by atoms with van der Waals surface area (Å²) >= 11 is 0. The lowest BCUT2D eigenvalue weighted by atomic mass is 10.0. The molecule has 0 radical (unpaired) electrons. The minimum absolute atomic E-state index is 0.0601. The van der Waals surface area contributed by atoms with E-state index in [0.717, 1.165) is 26.2 Å². The monoisotopic (exact) mass is 278 g/mol. The Hall–Kier alpha value is -0.900. The highest BCUT2D eigenvalue weighted by atomic mass is 16.5. The number of rotatable bonds is 8. The van der Waals surface area contributed by atoms with Crippen LogP contribution < -0.4 is 5.73 Å². The van der Waals surface area contributed by atoms with Gasteiger partial charge in [0.15, 0.2) is 0 Å². The van der Waals surface area contributed by atoms with E-state index in [9.17, 15) is 0 Å². The van der Waals surface area contributed by atoms with E-state index in [1.165, 1.54) is 16.7 Å². The van der Waals surface area contributed by atoms with Crippen molar-refractivity contribution >= 4 is 0 Å². The molecule has 0 fully saturated rings. The molecule has 1 rings (SSSR count). The molecular formula is C17H30N2O. The molecule has 114 valence electrons. The first kappa shape index (κ1) is 17.2. The van der Waals surface area contributed by atoms with E-state index in [-0.39, 0.29) is 6.04 Å². The van der Waals surface area contributed by atoms with Gasteiger partial charge in [-0.2, -0.15) is 0 Å². The summed E-state index contributed by atoms with van der Waals surface area (Å²) in [6.45, 7) is 12.4. The third-order valence-corrected chi connectivity index (χ3v) is 3.65. The molecule has 0 saturated heterocycles. The Labute approximate surface area is 124 Å². The van der Waals surface area contributed by atoms with Crippen molar-refractivity contribution in [2.75, 3.05) is 33.4 Å². The minimum atomic E-state index is 0.0601. The van der Waals surface area contributed by atoms with E-state index in [2.05, 4.69) is 50.8 Å². The van der Waals surface area contributed by atoms with Crippen molar-refractivity contribution in [3.63, 3.8) is 0 Å². The van der Waals surface area contributed by atoms with Crippen molar-refractivity contribution in [1.82, 2.24) is 4.90 Å². The number of hydrogen-bond donors (Lipinski definition) is 1. The first-order chi connectivity index (χ1) is 9.43. The van der Waals surface area contributed by atoms with Gasteiger partial charge in [0, 0.05) is 32.8 Å². The van der Waals surface area contributed by atoms with Gasteiger partial charge in [0.25, 0.3) is 0 Å². The fourth-order valence-corrected chi connectivity index (χ4v) is 2.37. The first-order valence-corrected chi connectivity index (χ1v) is 7.48. The van der Waals surface area contributed by atoms with Gasteiger partial charge in [-0.05, 0) is 36.5 Å². The molecule has 2 N–H and O–H groups in total. The molecule has 3 nitrogen and oxygen atoms in total. The summed E-state index contributed by atoms with van der Waals surface area (Å²) in [5, 5.41) is 0. The lowest BCUT2D eigenvalue weighted by Crippen LogP contribution is -2.37. The number of ether oxygens (including phenoxy) is 1. The molecule has 1 atom stereocenters. The number of hydrogen-bond acceptors (Lipinski definition) is 3. The molecule has 0 bridgehead atoms. The predicted molar refractivity (Wildman–Crippen MR) is 86.0 cm³/mol. The van der Waals surface area contributed by atoms with E-state index in [4.69, 9.17) is 10.5 Å². The minimum Gasteiger partial charge on any atom is -0.383 e. The van der Waals surface area contributed by atoms with E-state index < -0.39 is 0 Å². The zero-order valence-corrected chi connectivity index (χ0v) is 13.6. The summed E-state index contributed by atoms with van der Waals surface area (Å²) in [5.41, 5.74) is 10.2. The van der Waals surface area contributed by atoms with Crippen LogP contribution in [-0.4, -0.2) is 38.3 Å². The van der Waals surface area contributed by atoms with Gasteiger partial charge >= 0.3 is 0 Å². The Kier molecular flexibility index (Phi) is 7.20. The number of nitrogens with two attached hydrogens (primary N) is 1. The summed E-state index contributed by atoms with van der Waals surface area (Å²) in [6.07, 6.45) is 0. The molecule has 1 aromatic carbocycles. The molecule has 20 heavy (non-hydrogen) atoms. The normalized spacial score (nSPS) is 13.2. The van der Waals surface area contributed by atoms with Crippen LogP contribution in [-0.2, 0) is 4.74 Å². The van der Waals surface area contributed by atoms with Crippen LogP contribution in [0.15, 0.2) is 18.2 Å². The average Bonchev–Trinajstić information content (AvgIpc) is 2.38. The molecule has 3 heteroatoms. The molecule has 0 saturated carbocycles. The van der Waals surface area contributed by atoms with Crippen molar-refractivity contribution in [3.05, 3.63) is 34.9 Å². The van der Waals surface area contributed by atoms with Gasteiger partial charge in [-0.25, -0.2) is 0 Å². The predicted octanol–water partition coefficient (Wildman–Crippen LogP) is 2.91. The maximum atomic E-state index is 6.38. The number of nitrogens with zero attached hydrogens (tertiary/aromatic N) is 1. The second-order valence-corrected chi connectivity index (χ2v) is 6.10. The van der Waals surface area contributed by atoms with Gasteiger partial charge in [0.05, 0.1) is 6.61 Å². The number of methoxy groups -OCH3 is 1. The zero-order chi connectivity index (χ0) is 15.1. The van der Waals surface area contributed by atoms with Gasteiger partial charge in [-0.15, -0.1) is 0 Å². The summed E-state index contributed by atoms with van der Waals surface area (Å²) in [5.74, 6) is 0.638. The summed E-state index contributed by atoms with van der Waals surface area (Å²) in [7, 11) is 1.75. The van der Waals surface area contributed by atoms with Crippen molar-refractivity contribution in [2.24, 2.45) is 11.7 Å². The average molecular weight is 278 g/mol. The van der Waals surface area contributed by atoms with E-state index >= 15 is 0 Å². The van der Waals surface area contributed by atoms with Gasteiger partial charge < -0.3 is 10.5 Å². The molecule has 0 aliphatic rings. The Morgan fingerprint density at radius 2 is 1.85 bits per heavy atom.